The maximum Gasteiger partial charge on any atom is 0.0595 e. The SMILES string of the molecule is CCCNC1CCN(c2cccc(Cl)c2Br)CC1C. The second kappa shape index (κ2) is 6.96. The Morgan fingerprint density at radius 2 is 2.26 bits per heavy atom. The van der Waals surface area contributed by atoms with Gasteiger partial charge < -0.3 is 10.2 Å². The van der Waals surface area contributed by atoms with Crippen molar-refractivity contribution in [3.63, 3.8) is 0 Å². The summed E-state index contributed by atoms with van der Waals surface area (Å²) in [6.45, 7) is 7.84. The molecule has 2 atom stereocenters. The summed E-state index contributed by atoms with van der Waals surface area (Å²) in [5.41, 5.74) is 1.22. The van der Waals surface area contributed by atoms with Crippen LogP contribution in [0.2, 0.25) is 5.02 Å². The number of nitrogens with zero attached hydrogens (tertiary/aromatic N) is 1. The van der Waals surface area contributed by atoms with Gasteiger partial charge in [-0.3, -0.25) is 0 Å². The summed E-state index contributed by atoms with van der Waals surface area (Å²) in [6, 6.07) is 6.74. The molecule has 1 aliphatic heterocycles. The maximum absolute atomic E-state index is 6.18. The van der Waals surface area contributed by atoms with E-state index in [0.29, 0.717) is 12.0 Å². The summed E-state index contributed by atoms with van der Waals surface area (Å²) in [7, 11) is 0. The highest BCUT2D eigenvalue weighted by atomic mass is 79.9. The van der Waals surface area contributed by atoms with Gasteiger partial charge >= 0.3 is 0 Å². The lowest BCUT2D eigenvalue weighted by atomic mass is 9.93. The van der Waals surface area contributed by atoms with Gasteiger partial charge in [0.05, 0.1) is 15.2 Å². The molecular weight excluding hydrogens is 324 g/mol. The number of benzene rings is 1. The monoisotopic (exact) mass is 344 g/mol. The zero-order chi connectivity index (χ0) is 13.8. The van der Waals surface area contributed by atoms with Crippen LogP contribution in [0.5, 0.6) is 0 Å². The number of halogens is 2. The highest BCUT2D eigenvalue weighted by Crippen LogP contribution is 2.34. The van der Waals surface area contributed by atoms with E-state index in [9.17, 15) is 0 Å². The van der Waals surface area contributed by atoms with Crippen molar-refractivity contribution in [3.05, 3.63) is 27.7 Å². The summed E-state index contributed by atoms with van der Waals surface area (Å²) in [5.74, 6) is 0.659. The van der Waals surface area contributed by atoms with Crippen LogP contribution in [0.4, 0.5) is 5.69 Å². The van der Waals surface area contributed by atoms with E-state index in [4.69, 9.17) is 11.6 Å². The molecule has 2 unspecified atom stereocenters. The third-order valence-corrected chi connectivity index (χ3v) is 5.21. The van der Waals surface area contributed by atoms with Gasteiger partial charge in [-0.2, -0.15) is 0 Å². The van der Waals surface area contributed by atoms with Gasteiger partial charge in [0.2, 0.25) is 0 Å². The molecule has 1 heterocycles. The van der Waals surface area contributed by atoms with Crippen LogP contribution < -0.4 is 10.2 Å². The Morgan fingerprint density at radius 1 is 1.47 bits per heavy atom. The molecule has 0 aliphatic carbocycles. The van der Waals surface area contributed by atoms with Crippen molar-refractivity contribution < 1.29 is 0 Å². The smallest absolute Gasteiger partial charge is 0.0595 e. The minimum atomic E-state index is 0.647. The van der Waals surface area contributed by atoms with Crippen molar-refractivity contribution in [1.29, 1.82) is 0 Å². The third kappa shape index (κ3) is 3.65. The number of hydrogen-bond donors (Lipinski definition) is 1. The number of nitrogens with one attached hydrogen (secondary N) is 1. The van der Waals surface area contributed by atoms with E-state index in [1.807, 2.05) is 12.1 Å². The molecule has 0 amide bonds. The maximum atomic E-state index is 6.18. The Bertz CT molecular complexity index is 425. The normalized spacial score (nSPS) is 23.7. The molecule has 0 spiro atoms. The van der Waals surface area contributed by atoms with Crippen LogP contribution in [-0.2, 0) is 0 Å². The van der Waals surface area contributed by atoms with Gasteiger partial charge in [0.25, 0.3) is 0 Å². The Balaban J connectivity index is 2.03. The minimum absolute atomic E-state index is 0.647. The Kier molecular flexibility index (Phi) is 5.55. The molecule has 1 aliphatic rings. The summed E-state index contributed by atoms with van der Waals surface area (Å²) in [4.78, 5) is 2.44. The second-order valence-corrected chi connectivity index (χ2v) is 6.55. The van der Waals surface area contributed by atoms with Crippen LogP contribution in [0.25, 0.3) is 0 Å². The average molecular weight is 346 g/mol. The van der Waals surface area contributed by atoms with Gasteiger partial charge in [0.15, 0.2) is 0 Å². The molecule has 1 N–H and O–H groups in total. The Morgan fingerprint density at radius 3 is 2.95 bits per heavy atom. The molecule has 4 heteroatoms. The lowest BCUT2D eigenvalue weighted by Crippen LogP contribution is -2.48. The number of hydrogen-bond acceptors (Lipinski definition) is 2. The quantitative estimate of drug-likeness (QED) is 0.874. The molecule has 1 aromatic carbocycles. The molecule has 1 saturated heterocycles. The largest absolute Gasteiger partial charge is 0.370 e. The van der Waals surface area contributed by atoms with E-state index in [0.717, 1.165) is 29.1 Å². The fourth-order valence-corrected chi connectivity index (χ4v) is 3.42. The first-order valence-corrected chi connectivity index (χ1v) is 8.23. The van der Waals surface area contributed by atoms with E-state index in [-0.39, 0.29) is 0 Å². The number of rotatable bonds is 4. The van der Waals surface area contributed by atoms with Crippen molar-refractivity contribution in [1.82, 2.24) is 5.32 Å². The standard InChI is InChI=1S/C15H22BrClN2/c1-3-8-18-13-7-9-19(10-11(13)2)14-6-4-5-12(17)15(14)16/h4-6,11,13,18H,3,7-10H2,1-2H3. The zero-order valence-electron chi connectivity index (χ0n) is 11.6. The summed E-state index contributed by atoms with van der Waals surface area (Å²) < 4.78 is 1.02. The van der Waals surface area contributed by atoms with Gasteiger partial charge in [-0.05, 0) is 53.4 Å². The molecule has 1 fully saturated rings. The Hall–Kier alpha value is -0.250. The molecule has 0 bridgehead atoms. The lowest BCUT2D eigenvalue weighted by Gasteiger charge is -2.39. The van der Waals surface area contributed by atoms with Gasteiger partial charge in [0.1, 0.15) is 0 Å². The van der Waals surface area contributed by atoms with Crippen LogP contribution in [-0.4, -0.2) is 25.7 Å². The zero-order valence-corrected chi connectivity index (χ0v) is 14.0. The van der Waals surface area contributed by atoms with Crippen molar-refractivity contribution >= 4 is 33.2 Å². The van der Waals surface area contributed by atoms with Crippen molar-refractivity contribution in [2.45, 2.75) is 32.7 Å². The average Bonchev–Trinajstić information content (AvgIpc) is 2.40. The van der Waals surface area contributed by atoms with Crippen LogP contribution >= 0.6 is 27.5 Å². The number of piperidine rings is 1. The number of anilines is 1. The minimum Gasteiger partial charge on any atom is -0.370 e. The van der Waals surface area contributed by atoms with Crippen LogP contribution in [0, 0.1) is 5.92 Å². The van der Waals surface area contributed by atoms with Gasteiger partial charge in [-0.15, -0.1) is 0 Å². The molecular formula is C15H22BrClN2. The molecule has 19 heavy (non-hydrogen) atoms. The molecule has 106 valence electrons. The first-order chi connectivity index (χ1) is 9.13. The van der Waals surface area contributed by atoms with E-state index in [1.54, 1.807) is 0 Å². The summed E-state index contributed by atoms with van der Waals surface area (Å²) in [6.07, 6.45) is 2.40. The molecule has 2 rings (SSSR count). The van der Waals surface area contributed by atoms with Gasteiger partial charge in [0, 0.05) is 19.1 Å². The van der Waals surface area contributed by atoms with Crippen molar-refractivity contribution in [3.8, 4) is 0 Å². The molecule has 1 aromatic rings. The van der Waals surface area contributed by atoms with E-state index in [1.165, 1.54) is 18.5 Å². The topological polar surface area (TPSA) is 15.3 Å². The predicted octanol–water partition coefficient (Wildman–Crippen LogP) is 4.32. The van der Waals surface area contributed by atoms with E-state index >= 15 is 0 Å². The Labute approximate surface area is 129 Å². The lowest BCUT2D eigenvalue weighted by molar-refractivity contribution is 0.322. The fourth-order valence-electron chi connectivity index (χ4n) is 2.73. The van der Waals surface area contributed by atoms with Gasteiger partial charge in [-0.25, -0.2) is 0 Å². The molecule has 0 aromatic heterocycles. The van der Waals surface area contributed by atoms with Crippen LogP contribution in [0.15, 0.2) is 22.7 Å². The van der Waals surface area contributed by atoms with Crippen molar-refractivity contribution in [2.75, 3.05) is 24.5 Å². The first kappa shape index (κ1) is 15.1. The van der Waals surface area contributed by atoms with Crippen LogP contribution in [0.3, 0.4) is 0 Å². The molecule has 0 saturated carbocycles. The van der Waals surface area contributed by atoms with Crippen LogP contribution in [0.1, 0.15) is 26.7 Å². The third-order valence-electron chi connectivity index (χ3n) is 3.83. The summed E-state index contributed by atoms with van der Waals surface area (Å²) >= 11 is 9.78. The van der Waals surface area contributed by atoms with E-state index < -0.39 is 0 Å². The highest BCUT2D eigenvalue weighted by Gasteiger charge is 2.26. The van der Waals surface area contributed by atoms with Crippen molar-refractivity contribution in [2.24, 2.45) is 5.92 Å². The predicted molar refractivity (Wildman–Crippen MR) is 87.2 cm³/mol. The second-order valence-electron chi connectivity index (χ2n) is 5.35. The van der Waals surface area contributed by atoms with Gasteiger partial charge in [-0.1, -0.05) is 31.5 Å². The van der Waals surface area contributed by atoms with E-state index in [2.05, 4.69) is 46.1 Å². The molecule has 0 radical (unpaired) electrons. The fraction of sp³-hybridized carbons (Fsp3) is 0.600. The summed E-state index contributed by atoms with van der Waals surface area (Å²) in [5, 5.41) is 4.44. The molecule has 2 nitrogen and oxygen atoms in total. The highest BCUT2D eigenvalue weighted by molar-refractivity contribution is 9.10. The first-order valence-electron chi connectivity index (χ1n) is 7.05.